The molecule has 0 amide bonds. The summed E-state index contributed by atoms with van der Waals surface area (Å²) in [6.45, 7) is 0. The van der Waals surface area contributed by atoms with Gasteiger partial charge in [-0.3, -0.25) is 4.79 Å². The van der Waals surface area contributed by atoms with Crippen molar-refractivity contribution in [1.82, 2.24) is 0 Å². The summed E-state index contributed by atoms with van der Waals surface area (Å²) < 4.78 is 0. The number of aliphatic imine (C=N–C) groups is 1. The first-order chi connectivity index (χ1) is 7.84. The Hall–Kier alpha value is -1.13. The predicted octanol–water partition coefficient (Wildman–Crippen LogP) is -1.49. The quantitative estimate of drug-likeness (QED) is 0.154. The van der Waals surface area contributed by atoms with Gasteiger partial charge in [-0.15, -0.1) is 0 Å². The van der Waals surface area contributed by atoms with Gasteiger partial charge in [-0.25, -0.2) is 9.79 Å². The molecule has 0 bridgehead atoms. The first-order valence-electron chi connectivity index (χ1n) is 4.39. The Labute approximate surface area is 105 Å². The van der Waals surface area contributed by atoms with E-state index in [9.17, 15) is 9.59 Å². The second-order valence-electron chi connectivity index (χ2n) is 2.92. The van der Waals surface area contributed by atoms with E-state index in [0.29, 0.717) is 0 Å². The zero-order valence-corrected chi connectivity index (χ0v) is 10.4. The van der Waals surface area contributed by atoms with E-state index >= 15 is 0 Å². The molecule has 0 spiro atoms. The zero-order valence-electron chi connectivity index (χ0n) is 8.78. The van der Waals surface area contributed by atoms with E-state index in [1.807, 2.05) is 0 Å². The van der Waals surface area contributed by atoms with Crippen LogP contribution in [0.15, 0.2) is 4.99 Å². The van der Waals surface area contributed by atoms with Crippen LogP contribution in [0.5, 0.6) is 0 Å². The molecule has 17 heavy (non-hydrogen) atoms. The molecule has 0 aromatic carbocycles. The molecule has 0 aliphatic carbocycles. The summed E-state index contributed by atoms with van der Waals surface area (Å²) in [4.78, 5) is 24.6. The lowest BCUT2D eigenvalue weighted by atomic mass is 10.4. The van der Waals surface area contributed by atoms with Crippen molar-refractivity contribution in [3.63, 3.8) is 0 Å². The van der Waals surface area contributed by atoms with Gasteiger partial charge < -0.3 is 27.4 Å². The minimum absolute atomic E-state index is 0.129. The molecule has 0 aliphatic heterocycles. The molecule has 10 heteroatoms. The standard InChI is InChI=1S/C7H14N4O4S2/c8-3(5(12)13)1-16-17-2-4(6(14)15)11-7(9)10/h3-4H,1-2,8H2,(H,12,13)(H,14,15)(H4,9,10,11)/t3-,4-/m0/s1. The maximum Gasteiger partial charge on any atom is 0.329 e. The molecule has 0 aromatic heterocycles. The molecule has 8 N–H and O–H groups in total. The number of rotatable bonds is 8. The monoisotopic (exact) mass is 282 g/mol. The summed E-state index contributed by atoms with van der Waals surface area (Å²) in [7, 11) is 2.31. The minimum atomic E-state index is -1.14. The van der Waals surface area contributed by atoms with Crippen LogP contribution in [0.2, 0.25) is 0 Å². The molecular formula is C7H14N4O4S2. The number of nitrogens with zero attached hydrogens (tertiary/aromatic N) is 1. The van der Waals surface area contributed by atoms with Crippen molar-refractivity contribution in [2.24, 2.45) is 22.2 Å². The lowest BCUT2D eigenvalue weighted by Gasteiger charge is -2.08. The number of hydrogen-bond donors (Lipinski definition) is 5. The summed E-state index contributed by atoms with van der Waals surface area (Å²) >= 11 is 0. The van der Waals surface area contributed by atoms with Crippen molar-refractivity contribution >= 4 is 39.5 Å². The van der Waals surface area contributed by atoms with Crippen molar-refractivity contribution in [3.05, 3.63) is 0 Å². The minimum Gasteiger partial charge on any atom is -0.480 e. The van der Waals surface area contributed by atoms with E-state index in [-0.39, 0.29) is 17.5 Å². The van der Waals surface area contributed by atoms with Crippen molar-refractivity contribution < 1.29 is 19.8 Å². The summed E-state index contributed by atoms with van der Waals surface area (Å²) in [5.41, 5.74) is 15.4. The van der Waals surface area contributed by atoms with Gasteiger partial charge in [0.05, 0.1) is 0 Å². The number of carbonyl (C=O) groups is 2. The highest BCUT2D eigenvalue weighted by Crippen LogP contribution is 2.23. The van der Waals surface area contributed by atoms with E-state index in [2.05, 4.69) is 4.99 Å². The molecule has 0 unspecified atom stereocenters. The molecule has 0 rings (SSSR count). The number of hydrogen-bond acceptors (Lipinski definition) is 6. The van der Waals surface area contributed by atoms with Crippen LogP contribution in [-0.4, -0.2) is 51.7 Å². The Morgan fingerprint density at radius 1 is 1.12 bits per heavy atom. The van der Waals surface area contributed by atoms with Crippen molar-refractivity contribution in [2.45, 2.75) is 12.1 Å². The number of guanidine groups is 1. The normalized spacial score (nSPS) is 13.7. The van der Waals surface area contributed by atoms with E-state index in [1.165, 1.54) is 0 Å². The molecule has 0 radical (unpaired) electrons. The highest BCUT2D eigenvalue weighted by atomic mass is 33.1. The Bertz CT molecular complexity index is 308. The maximum atomic E-state index is 10.7. The highest BCUT2D eigenvalue weighted by Gasteiger charge is 2.17. The van der Waals surface area contributed by atoms with E-state index in [0.717, 1.165) is 21.6 Å². The van der Waals surface area contributed by atoms with Crippen LogP contribution in [0.1, 0.15) is 0 Å². The molecule has 0 fully saturated rings. The van der Waals surface area contributed by atoms with Crippen LogP contribution < -0.4 is 17.2 Å². The molecule has 0 saturated heterocycles. The van der Waals surface area contributed by atoms with Gasteiger partial charge in [0, 0.05) is 11.5 Å². The molecule has 0 saturated carbocycles. The number of nitrogens with two attached hydrogens (primary N) is 3. The maximum absolute atomic E-state index is 10.7. The largest absolute Gasteiger partial charge is 0.480 e. The zero-order chi connectivity index (χ0) is 13.4. The summed E-state index contributed by atoms with van der Waals surface area (Å²) in [5, 5.41) is 17.3. The molecule has 0 aliphatic rings. The fourth-order valence-corrected chi connectivity index (χ4v) is 2.88. The highest BCUT2D eigenvalue weighted by molar-refractivity contribution is 8.76. The third kappa shape index (κ3) is 7.71. The van der Waals surface area contributed by atoms with Gasteiger partial charge in [-0.2, -0.15) is 0 Å². The molecule has 0 heterocycles. The van der Waals surface area contributed by atoms with Crippen LogP contribution in [0.3, 0.4) is 0 Å². The average molecular weight is 282 g/mol. The van der Waals surface area contributed by atoms with Gasteiger partial charge in [0.25, 0.3) is 0 Å². The third-order valence-corrected chi connectivity index (χ3v) is 3.89. The van der Waals surface area contributed by atoms with Gasteiger partial charge in [0.15, 0.2) is 12.0 Å². The van der Waals surface area contributed by atoms with Crippen molar-refractivity contribution in [3.8, 4) is 0 Å². The van der Waals surface area contributed by atoms with Gasteiger partial charge in [0.1, 0.15) is 6.04 Å². The second kappa shape index (κ2) is 8.03. The van der Waals surface area contributed by atoms with Gasteiger partial charge >= 0.3 is 11.9 Å². The lowest BCUT2D eigenvalue weighted by Crippen LogP contribution is -2.32. The van der Waals surface area contributed by atoms with Crippen molar-refractivity contribution in [2.75, 3.05) is 11.5 Å². The number of carboxylic acids is 2. The Balaban J connectivity index is 3.96. The summed E-state index contributed by atoms with van der Waals surface area (Å²) in [6.07, 6.45) is 0. The topological polar surface area (TPSA) is 165 Å². The summed E-state index contributed by atoms with van der Waals surface area (Å²) in [5.74, 6) is -2.24. The third-order valence-electron chi connectivity index (χ3n) is 1.46. The first-order valence-corrected chi connectivity index (χ1v) is 6.87. The van der Waals surface area contributed by atoms with E-state index < -0.39 is 24.0 Å². The summed E-state index contributed by atoms with van der Waals surface area (Å²) in [6, 6.07) is -2.02. The predicted molar refractivity (Wildman–Crippen MR) is 67.8 cm³/mol. The van der Waals surface area contributed by atoms with Crippen LogP contribution in [0, 0.1) is 0 Å². The first kappa shape index (κ1) is 15.9. The fraction of sp³-hybridized carbons (Fsp3) is 0.571. The molecule has 98 valence electrons. The van der Waals surface area contributed by atoms with Crippen molar-refractivity contribution in [1.29, 1.82) is 0 Å². The van der Waals surface area contributed by atoms with E-state index in [1.54, 1.807) is 0 Å². The molecule has 2 atom stereocenters. The van der Waals surface area contributed by atoms with E-state index in [4.69, 9.17) is 27.4 Å². The van der Waals surface area contributed by atoms with Crippen LogP contribution >= 0.6 is 21.6 Å². The van der Waals surface area contributed by atoms with Crippen LogP contribution in [0.25, 0.3) is 0 Å². The molecule has 0 aromatic rings. The number of carboxylic acid groups (broad SMARTS) is 2. The van der Waals surface area contributed by atoms with Gasteiger partial charge in [-0.05, 0) is 0 Å². The fourth-order valence-electron chi connectivity index (χ4n) is 0.649. The average Bonchev–Trinajstić information content (AvgIpc) is 2.21. The van der Waals surface area contributed by atoms with Gasteiger partial charge in [-0.1, -0.05) is 21.6 Å². The lowest BCUT2D eigenvalue weighted by molar-refractivity contribution is -0.138. The Kier molecular flexibility index (Phi) is 7.50. The molecular weight excluding hydrogens is 268 g/mol. The Morgan fingerprint density at radius 3 is 2.06 bits per heavy atom. The number of aliphatic carboxylic acids is 2. The SMILES string of the molecule is NC(N)=N[C@@H](CSSC[C@H](N)C(=O)O)C(=O)O. The Morgan fingerprint density at radius 2 is 1.65 bits per heavy atom. The van der Waals surface area contributed by atoms with Crippen LogP contribution in [0.4, 0.5) is 0 Å². The smallest absolute Gasteiger partial charge is 0.329 e. The van der Waals surface area contributed by atoms with Crippen LogP contribution in [-0.2, 0) is 9.59 Å². The molecule has 8 nitrogen and oxygen atoms in total. The second-order valence-corrected chi connectivity index (χ2v) is 5.47. The van der Waals surface area contributed by atoms with Gasteiger partial charge in [0.2, 0.25) is 0 Å².